The van der Waals surface area contributed by atoms with Crippen molar-refractivity contribution >= 4 is 28.1 Å². The molecule has 0 aliphatic heterocycles. The molecule has 0 atom stereocenters. The van der Waals surface area contributed by atoms with Crippen molar-refractivity contribution in [3.63, 3.8) is 0 Å². The molecule has 1 aliphatic rings. The molecule has 0 aromatic carbocycles. The molecular weight excluding hydrogens is 230 g/mol. The fourth-order valence-corrected chi connectivity index (χ4v) is 3.04. The highest BCUT2D eigenvalue weighted by molar-refractivity contribution is 7.14. The highest BCUT2D eigenvalue weighted by atomic mass is 35.5. The van der Waals surface area contributed by atoms with Crippen LogP contribution < -0.4 is 10.6 Å². The molecule has 1 aromatic heterocycles. The monoisotopic (exact) mass is 245 g/mol. The average molecular weight is 246 g/mol. The molecule has 0 amide bonds. The largest absolute Gasteiger partial charge is 0.348 e. The number of hydrogen-bond acceptors (Lipinski definition) is 4. The average Bonchev–Trinajstić information content (AvgIpc) is 2.65. The summed E-state index contributed by atoms with van der Waals surface area (Å²) >= 11 is 7.42. The third-order valence-electron chi connectivity index (χ3n) is 3.05. The number of aromatic nitrogens is 1. The van der Waals surface area contributed by atoms with Gasteiger partial charge in [-0.05, 0) is 25.7 Å². The molecule has 5 heteroatoms. The zero-order valence-electron chi connectivity index (χ0n) is 8.82. The van der Waals surface area contributed by atoms with Gasteiger partial charge in [0.25, 0.3) is 0 Å². The Morgan fingerprint density at radius 1 is 1.47 bits per heavy atom. The number of hydrogen-bond donors (Lipinski definition) is 1. The van der Waals surface area contributed by atoms with E-state index in [9.17, 15) is 0 Å². The second kappa shape index (κ2) is 4.68. The van der Waals surface area contributed by atoms with Gasteiger partial charge in [0.15, 0.2) is 5.13 Å². The van der Waals surface area contributed by atoms with E-state index in [4.69, 9.17) is 17.3 Å². The van der Waals surface area contributed by atoms with E-state index < -0.39 is 0 Å². The van der Waals surface area contributed by atoms with E-state index in [2.05, 4.69) is 16.9 Å². The van der Waals surface area contributed by atoms with Gasteiger partial charge in [-0.2, -0.15) is 0 Å². The number of nitrogens with zero attached hydrogens (tertiary/aromatic N) is 2. The quantitative estimate of drug-likeness (QED) is 0.871. The Labute approximate surface area is 99.2 Å². The van der Waals surface area contributed by atoms with E-state index in [0.29, 0.717) is 17.2 Å². The van der Waals surface area contributed by atoms with Crippen LogP contribution in [-0.4, -0.2) is 24.1 Å². The summed E-state index contributed by atoms with van der Waals surface area (Å²) in [6, 6.07) is 0.974. The van der Waals surface area contributed by atoms with Crippen LogP contribution in [0.5, 0.6) is 0 Å². The summed E-state index contributed by atoms with van der Waals surface area (Å²) in [5.41, 5.74) is 5.89. The Bertz CT molecular complexity index is 320. The molecule has 1 heterocycles. The first-order valence-electron chi connectivity index (χ1n) is 5.26. The zero-order valence-corrected chi connectivity index (χ0v) is 10.4. The van der Waals surface area contributed by atoms with Crippen molar-refractivity contribution < 1.29 is 0 Å². The zero-order chi connectivity index (χ0) is 10.8. The van der Waals surface area contributed by atoms with Crippen LogP contribution in [0, 0.1) is 0 Å². The van der Waals surface area contributed by atoms with Crippen LogP contribution in [-0.2, 0) is 0 Å². The summed E-state index contributed by atoms with van der Waals surface area (Å²) < 4.78 is 0. The summed E-state index contributed by atoms with van der Waals surface area (Å²) in [7, 11) is 2.09. The molecule has 2 rings (SSSR count). The van der Waals surface area contributed by atoms with Crippen molar-refractivity contribution in [2.24, 2.45) is 5.73 Å². The van der Waals surface area contributed by atoms with Gasteiger partial charge in [-0.25, -0.2) is 4.98 Å². The van der Waals surface area contributed by atoms with Gasteiger partial charge in [-0.3, -0.25) is 0 Å². The second-order valence-corrected chi connectivity index (χ2v) is 5.36. The summed E-state index contributed by atoms with van der Waals surface area (Å²) in [4.78, 5) is 6.52. The number of nitrogens with two attached hydrogens (primary N) is 1. The Morgan fingerprint density at radius 2 is 2.13 bits per heavy atom. The van der Waals surface area contributed by atoms with E-state index in [1.54, 1.807) is 11.3 Å². The molecule has 1 aliphatic carbocycles. The lowest BCUT2D eigenvalue weighted by Gasteiger charge is -2.33. The van der Waals surface area contributed by atoms with E-state index in [1.165, 1.54) is 0 Å². The molecule has 0 saturated heterocycles. The molecule has 3 nitrogen and oxygen atoms in total. The number of thiazole rings is 1. The Hall–Kier alpha value is -0.320. The van der Waals surface area contributed by atoms with Crippen molar-refractivity contribution in [3.8, 4) is 0 Å². The van der Waals surface area contributed by atoms with Crippen LogP contribution in [0.3, 0.4) is 0 Å². The Kier molecular flexibility index (Phi) is 3.49. The van der Waals surface area contributed by atoms with Gasteiger partial charge >= 0.3 is 0 Å². The molecule has 0 unspecified atom stereocenters. The van der Waals surface area contributed by atoms with Crippen LogP contribution >= 0.6 is 22.9 Å². The maximum atomic E-state index is 5.89. The van der Waals surface area contributed by atoms with Gasteiger partial charge in [-0.15, -0.1) is 11.3 Å². The van der Waals surface area contributed by atoms with Crippen molar-refractivity contribution in [2.75, 3.05) is 11.9 Å². The topological polar surface area (TPSA) is 42.2 Å². The predicted molar refractivity (Wildman–Crippen MR) is 65.8 cm³/mol. The van der Waals surface area contributed by atoms with Crippen LogP contribution in [0.2, 0.25) is 5.15 Å². The summed E-state index contributed by atoms with van der Waals surface area (Å²) in [6.07, 6.45) is 4.56. The minimum atomic E-state index is 0.398. The lowest BCUT2D eigenvalue weighted by molar-refractivity contribution is 0.385. The van der Waals surface area contributed by atoms with E-state index in [-0.39, 0.29) is 0 Å². The van der Waals surface area contributed by atoms with Gasteiger partial charge < -0.3 is 10.6 Å². The lowest BCUT2D eigenvalue weighted by Crippen LogP contribution is -2.38. The third kappa shape index (κ3) is 2.62. The number of anilines is 1. The van der Waals surface area contributed by atoms with Crippen LogP contribution in [0.1, 0.15) is 25.7 Å². The molecule has 15 heavy (non-hydrogen) atoms. The molecule has 0 spiro atoms. The molecule has 0 radical (unpaired) electrons. The summed E-state index contributed by atoms with van der Waals surface area (Å²) in [5.74, 6) is 0. The first-order valence-corrected chi connectivity index (χ1v) is 6.52. The first kappa shape index (κ1) is 11.2. The van der Waals surface area contributed by atoms with Crippen LogP contribution in [0.25, 0.3) is 0 Å². The Morgan fingerprint density at radius 3 is 2.67 bits per heavy atom. The van der Waals surface area contributed by atoms with Crippen molar-refractivity contribution in [3.05, 3.63) is 10.5 Å². The van der Waals surface area contributed by atoms with Gasteiger partial charge in [0.1, 0.15) is 5.15 Å². The molecule has 0 bridgehead atoms. The number of rotatable bonds is 2. The van der Waals surface area contributed by atoms with Gasteiger partial charge in [0, 0.05) is 24.5 Å². The van der Waals surface area contributed by atoms with Crippen LogP contribution in [0.15, 0.2) is 5.38 Å². The predicted octanol–water partition coefficient (Wildman–Crippen LogP) is 2.50. The standard InChI is InChI=1S/C10H16ClN3S/c1-14(10-13-9(11)6-15-10)8-4-2-7(12)3-5-8/h6-8H,2-5,12H2,1H3. The molecule has 1 aromatic rings. The van der Waals surface area contributed by atoms with Crippen molar-refractivity contribution in [2.45, 2.75) is 37.8 Å². The molecule has 84 valence electrons. The van der Waals surface area contributed by atoms with E-state index in [1.807, 2.05) is 5.38 Å². The SMILES string of the molecule is CN(c1nc(Cl)cs1)C1CCC(N)CC1. The molecule has 2 N–H and O–H groups in total. The normalized spacial score (nSPS) is 26.6. The molecule has 1 fully saturated rings. The van der Waals surface area contributed by atoms with E-state index >= 15 is 0 Å². The van der Waals surface area contributed by atoms with E-state index in [0.717, 1.165) is 30.8 Å². The smallest absolute Gasteiger partial charge is 0.186 e. The maximum absolute atomic E-state index is 5.89. The van der Waals surface area contributed by atoms with Gasteiger partial charge in [0.2, 0.25) is 0 Å². The van der Waals surface area contributed by atoms with Gasteiger partial charge in [0.05, 0.1) is 0 Å². The summed E-state index contributed by atoms with van der Waals surface area (Å²) in [6.45, 7) is 0. The van der Waals surface area contributed by atoms with Crippen molar-refractivity contribution in [1.82, 2.24) is 4.98 Å². The lowest BCUT2D eigenvalue weighted by atomic mass is 9.91. The molecule has 1 saturated carbocycles. The second-order valence-electron chi connectivity index (χ2n) is 4.13. The fourth-order valence-electron chi connectivity index (χ4n) is 2.05. The Balaban J connectivity index is 1.99. The van der Waals surface area contributed by atoms with Gasteiger partial charge in [-0.1, -0.05) is 11.6 Å². The highest BCUT2D eigenvalue weighted by Gasteiger charge is 2.23. The summed E-state index contributed by atoms with van der Waals surface area (Å²) in [5, 5.41) is 3.48. The number of halogens is 1. The minimum Gasteiger partial charge on any atom is -0.348 e. The molecular formula is C10H16ClN3S. The maximum Gasteiger partial charge on any atom is 0.186 e. The third-order valence-corrected chi connectivity index (χ3v) is 4.31. The minimum absolute atomic E-state index is 0.398. The van der Waals surface area contributed by atoms with Crippen molar-refractivity contribution in [1.29, 1.82) is 0 Å². The first-order chi connectivity index (χ1) is 7.16. The highest BCUT2D eigenvalue weighted by Crippen LogP contribution is 2.29. The van der Waals surface area contributed by atoms with Crippen LogP contribution in [0.4, 0.5) is 5.13 Å². The fraction of sp³-hybridized carbons (Fsp3) is 0.700.